The molecule has 0 radical (unpaired) electrons. The first kappa shape index (κ1) is 9.09. The van der Waals surface area contributed by atoms with Crippen molar-refractivity contribution < 1.29 is 14.4 Å². The number of nitrogens with two attached hydrogens (primary N) is 1. The van der Waals surface area contributed by atoms with Crippen molar-refractivity contribution in [3.8, 4) is 0 Å². The van der Waals surface area contributed by atoms with Crippen LogP contribution < -0.4 is 5.73 Å². The van der Waals surface area contributed by atoms with Crippen molar-refractivity contribution in [3.05, 3.63) is 0 Å². The monoisotopic (exact) mass is 164 g/mol. The number of amides is 2. The van der Waals surface area contributed by atoms with E-state index in [9.17, 15) is 9.59 Å². The van der Waals surface area contributed by atoms with Crippen LogP contribution in [0.1, 0.15) is 13.3 Å². The molecule has 10 heavy (non-hydrogen) atoms. The van der Waals surface area contributed by atoms with Crippen molar-refractivity contribution in [2.75, 3.05) is 0 Å². The zero-order chi connectivity index (χ0) is 8.15. The van der Waals surface area contributed by atoms with Crippen LogP contribution in [-0.2, 0) is 9.63 Å². The molecule has 0 aliphatic carbocycles. The van der Waals surface area contributed by atoms with Crippen molar-refractivity contribution in [1.29, 1.82) is 0 Å². The Labute approximate surface area is 63.6 Å². The molecule has 0 saturated heterocycles. The molecule has 0 saturated carbocycles. The average molecular weight is 164 g/mol. The second-order valence-corrected chi connectivity index (χ2v) is 1.79. The normalized spacial score (nSPS) is 8.60. The van der Waals surface area contributed by atoms with Crippen LogP contribution in [0.2, 0.25) is 0 Å². The van der Waals surface area contributed by atoms with Crippen molar-refractivity contribution in [2.45, 2.75) is 13.3 Å². The second kappa shape index (κ2) is 3.99. The molecule has 6 heteroatoms. The third kappa shape index (κ3) is 3.18. The topological polar surface area (TPSA) is 72.6 Å². The average Bonchev–Trinajstić information content (AvgIpc) is 1.87. The van der Waals surface area contributed by atoms with Gasteiger partial charge >= 0.3 is 12.0 Å². The van der Waals surface area contributed by atoms with Gasteiger partial charge in [0, 0.05) is 6.42 Å². The number of nitrogens with zero attached hydrogens (tertiary/aromatic N) is 1. The molecule has 0 spiro atoms. The summed E-state index contributed by atoms with van der Waals surface area (Å²) in [4.78, 5) is 24.8. The van der Waals surface area contributed by atoms with E-state index in [2.05, 4.69) is 23.4 Å². The Hall–Kier alpha value is -0.910. The van der Waals surface area contributed by atoms with Gasteiger partial charge in [-0.25, -0.2) is 9.59 Å². The van der Waals surface area contributed by atoms with Crippen LogP contribution in [0.3, 0.4) is 0 Å². The van der Waals surface area contributed by atoms with Gasteiger partial charge in [-0.2, -0.15) is 0 Å². The highest BCUT2D eigenvalue weighted by atomic mass is 32.1. The van der Waals surface area contributed by atoms with Gasteiger partial charge in [-0.1, -0.05) is 11.4 Å². The maximum Gasteiger partial charge on any atom is 0.358 e. The molecule has 0 unspecified atom stereocenters. The summed E-state index contributed by atoms with van der Waals surface area (Å²) in [6.07, 6.45) is 0.171. The lowest BCUT2D eigenvalue weighted by molar-refractivity contribution is -0.159. The van der Waals surface area contributed by atoms with E-state index in [1.54, 1.807) is 6.92 Å². The Morgan fingerprint density at radius 2 is 2.20 bits per heavy atom. The van der Waals surface area contributed by atoms with Gasteiger partial charge in [0.2, 0.25) is 0 Å². The largest absolute Gasteiger partial charge is 0.358 e. The molecule has 2 amide bonds. The van der Waals surface area contributed by atoms with Crippen molar-refractivity contribution in [1.82, 2.24) is 4.47 Å². The molecule has 58 valence electrons. The van der Waals surface area contributed by atoms with Gasteiger partial charge in [-0.15, -0.1) is 0 Å². The minimum atomic E-state index is -0.926. The fraction of sp³-hybridized carbons (Fsp3) is 0.500. The van der Waals surface area contributed by atoms with Crippen molar-refractivity contribution in [2.24, 2.45) is 5.73 Å². The maximum absolute atomic E-state index is 10.4. The van der Waals surface area contributed by atoms with Crippen molar-refractivity contribution >= 4 is 24.8 Å². The summed E-state index contributed by atoms with van der Waals surface area (Å²) < 4.78 is 0.381. The molecule has 0 bridgehead atoms. The predicted octanol–water partition coefficient (Wildman–Crippen LogP) is 0.0801. The Morgan fingerprint density at radius 1 is 1.70 bits per heavy atom. The Balaban J connectivity index is 3.68. The van der Waals surface area contributed by atoms with Gasteiger partial charge in [-0.3, -0.25) is 0 Å². The molecular formula is C4H8N2O3S. The van der Waals surface area contributed by atoms with Crippen LogP contribution in [0.25, 0.3) is 0 Å². The van der Waals surface area contributed by atoms with Crippen LogP contribution in [0.5, 0.6) is 0 Å². The second-order valence-electron chi connectivity index (χ2n) is 1.43. The van der Waals surface area contributed by atoms with Crippen LogP contribution in [0.4, 0.5) is 4.79 Å². The van der Waals surface area contributed by atoms with E-state index in [1.165, 1.54) is 0 Å². The zero-order valence-electron chi connectivity index (χ0n) is 5.40. The number of thiol groups is 1. The minimum Gasteiger partial charge on any atom is -0.348 e. The number of carbonyl (C=O) groups is 2. The zero-order valence-corrected chi connectivity index (χ0v) is 6.30. The SMILES string of the molecule is CCC(=O)ON(S)C(N)=O. The summed E-state index contributed by atoms with van der Waals surface area (Å²) in [6, 6.07) is -0.926. The number of carbonyl (C=O) groups excluding carboxylic acids is 2. The minimum absolute atomic E-state index is 0.171. The Morgan fingerprint density at radius 3 is 2.50 bits per heavy atom. The number of urea groups is 1. The summed E-state index contributed by atoms with van der Waals surface area (Å²) in [7, 11) is 0. The third-order valence-electron chi connectivity index (χ3n) is 0.665. The molecule has 2 N–H and O–H groups in total. The Bertz CT molecular complexity index is 149. The fourth-order valence-corrected chi connectivity index (χ4v) is 0.297. The van der Waals surface area contributed by atoms with Gasteiger partial charge in [-0.05, 0) is 12.8 Å². The Kier molecular flexibility index (Phi) is 3.63. The van der Waals surface area contributed by atoms with E-state index in [0.717, 1.165) is 0 Å². The molecule has 0 rings (SSSR count). The van der Waals surface area contributed by atoms with Gasteiger partial charge in [0.1, 0.15) is 0 Å². The van der Waals surface area contributed by atoms with E-state index >= 15 is 0 Å². The fourth-order valence-electron chi connectivity index (χ4n) is 0.206. The van der Waals surface area contributed by atoms with Crippen LogP contribution in [-0.4, -0.2) is 16.5 Å². The standard InChI is InChI=1S/C4H8N2O3S/c1-2-3(7)9-6(10)4(5)8/h10H,2H2,1H3,(H2,5,8). The van der Waals surface area contributed by atoms with Crippen LogP contribution in [0, 0.1) is 0 Å². The smallest absolute Gasteiger partial charge is 0.348 e. The molecule has 0 heterocycles. The first-order chi connectivity index (χ1) is 4.57. The quantitative estimate of drug-likeness (QED) is 0.426. The first-order valence-electron chi connectivity index (χ1n) is 2.57. The van der Waals surface area contributed by atoms with E-state index < -0.39 is 12.0 Å². The van der Waals surface area contributed by atoms with Gasteiger partial charge in [0.15, 0.2) is 0 Å². The van der Waals surface area contributed by atoms with Gasteiger partial charge in [0.05, 0.1) is 0 Å². The van der Waals surface area contributed by atoms with Crippen molar-refractivity contribution in [3.63, 3.8) is 0 Å². The number of hydroxylamine groups is 1. The third-order valence-corrected chi connectivity index (χ3v) is 0.944. The summed E-state index contributed by atoms with van der Waals surface area (Å²) in [5, 5.41) is 0. The molecule has 5 nitrogen and oxygen atoms in total. The van der Waals surface area contributed by atoms with E-state index in [1.807, 2.05) is 0 Å². The first-order valence-corrected chi connectivity index (χ1v) is 2.97. The molecule has 0 aromatic heterocycles. The predicted molar refractivity (Wildman–Crippen MR) is 36.8 cm³/mol. The number of hydrogen-bond acceptors (Lipinski definition) is 4. The number of hydrogen-bond donors (Lipinski definition) is 2. The molecule has 0 aliphatic heterocycles. The van der Waals surface area contributed by atoms with Gasteiger partial charge in [0.25, 0.3) is 0 Å². The maximum atomic E-state index is 10.4. The van der Waals surface area contributed by atoms with Gasteiger partial charge < -0.3 is 10.6 Å². The summed E-state index contributed by atoms with van der Waals surface area (Å²) >= 11 is 3.43. The highest BCUT2D eigenvalue weighted by molar-refractivity contribution is 7.78. The van der Waals surface area contributed by atoms with E-state index in [-0.39, 0.29) is 6.42 Å². The molecule has 0 aliphatic rings. The lowest BCUT2D eigenvalue weighted by Crippen LogP contribution is -2.29. The molecule has 0 atom stereocenters. The highest BCUT2D eigenvalue weighted by Gasteiger charge is 2.08. The molecule has 0 aromatic rings. The van der Waals surface area contributed by atoms with E-state index in [0.29, 0.717) is 4.47 Å². The lowest BCUT2D eigenvalue weighted by atomic mass is 10.5. The molecule has 0 aromatic carbocycles. The summed E-state index contributed by atoms with van der Waals surface area (Å²) in [5.74, 6) is -0.561. The highest BCUT2D eigenvalue weighted by Crippen LogP contribution is 1.95. The molecule has 0 fully saturated rings. The van der Waals surface area contributed by atoms with Crippen LogP contribution in [0.15, 0.2) is 0 Å². The summed E-state index contributed by atoms with van der Waals surface area (Å²) in [6.45, 7) is 1.59. The molecular weight excluding hydrogens is 156 g/mol. The number of primary amides is 1. The van der Waals surface area contributed by atoms with E-state index in [4.69, 9.17) is 0 Å². The number of rotatable bonds is 1. The van der Waals surface area contributed by atoms with Crippen LogP contribution >= 0.6 is 12.8 Å². The summed E-state index contributed by atoms with van der Waals surface area (Å²) in [5.41, 5.74) is 4.67. The lowest BCUT2D eigenvalue weighted by Gasteiger charge is -2.09.